The molecule has 0 radical (unpaired) electrons. The molecule has 0 spiro atoms. The fraction of sp³-hybridized carbons (Fsp3) is 0.571. The van der Waals surface area contributed by atoms with Crippen molar-refractivity contribution in [3.05, 3.63) is 17.8 Å². The number of esters is 1. The molecule has 2 aliphatic rings. The van der Waals surface area contributed by atoms with E-state index in [1.54, 1.807) is 12.3 Å². The minimum atomic E-state index is -0.409. The Morgan fingerprint density at radius 2 is 2.35 bits per heavy atom. The minimum absolute atomic E-state index is 0.344. The second-order valence-electron chi connectivity index (χ2n) is 5.44. The lowest BCUT2D eigenvalue weighted by Crippen LogP contribution is -2.34. The van der Waals surface area contributed by atoms with Gasteiger partial charge < -0.3 is 15.8 Å². The van der Waals surface area contributed by atoms with E-state index in [0.29, 0.717) is 29.2 Å². The lowest BCUT2D eigenvalue weighted by molar-refractivity contribution is 0.0601. The van der Waals surface area contributed by atoms with Crippen molar-refractivity contribution in [2.24, 2.45) is 0 Å². The number of hydrogen-bond donors (Lipinski definition) is 2. The van der Waals surface area contributed by atoms with Crippen LogP contribution in [-0.2, 0) is 4.74 Å². The number of anilines is 2. The third kappa shape index (κ3) is 2.31. The van der Waals surface area contributed by atoms with Crippen LogP contribution in [0.25, 0.3) is 0 Å². The highest BCUT2D eigenvalue weighted by atomic mass is 16.5. The van der Waals surface area contributed by atoms with Gasteiger partial charge in [-0.05, 0) is 31.9 Å². The number of methoxy groups -OCH3 is 1. The number of ether oxygens (including phenoxy) is 1. The molecule has 0 bridgehead atoms. The second-order valence-corrected chi connectivity index (χ2v) is 5.44. The first-order valence-electron chi connectivity index (χ1n) is 7.03. The zero-order valence-corrected chi connectivity index (χ0v) is 11.6. The Morgan fingerprint density at radius 3 is 3.15 bits per heavy atom. The second kappa shape index (κ2) is 5.28. The van der Waals surface area contributed by atoms with Crippen molar-refractivity contribution in [1.29, 1.82) is 0 Å². The summed E-state index contributed by atoms with van der Waals surface area (Å²) in [4.78, 5) is 18.6. The Kier molecular flexibility index (Phi) is 3.48. The van der Waals surface area contributed by atoms with Crippen molar-refractivity contribution in [3.8, 4) is 0 Å². The van der Waals surface area contributed by atoms with Gasteiger partial charge >= 0.3 is 5.97 Å². The molecule has 20 heavy (non-hydrogen) atoms. The molecule has 2 fully saturated rings. The maximum Gasteiger partial charge on any atom is 0.341 e. The number of aromatic nitrogens is 1. The molecule has 1 aromatic heterocycles. The highest BCUT2D eigenvalue weighted by Gasteiger charge is 2.37. The molecule has 0 amide bonds. The number of nitrogens with zero attached hydrogens (tertiary/aromatic N) is 2. The van der Waals surface area contributed by atoms with Crippen LogP contribution < -0.4 is 11.1 Å². The van der Waals surface area contributed by atoms with Crippen molar-refractivity contribution in [3.63, 3.8) is 0 Å². The van der Waals surface area contributed by atoms with Gasteiger partial charge in [0.1, 0.15) is 11.4 Å². The lowest BCUT2D eigenvalue weighted by Gasteiger charge is -2.22. The zero-order valence-electron chi connectivity index (χ0n) is 11.6. The molecule has 0 saturated carbocycles. The van der Waals surface area contributed by atoms with Crippen LogP contribution in [0.5, 0.6) is 0 Å². The fourth-order valence-electron chi connectivity index (χ4n) is 3.29. The van der Waals surface area contributed by atoms with Gasteiger partial charge in [-0.3, -0.25) is 4.90 Å². The fourth-order valence-corrected chi connectivity index (χ4v) is 3.29. The molecular weight excluding hydrogens is 256 g/mol. The number of fused-ring (bicyclic) bond motifs is 1. The highest BCUT2D eigenvalue weighted by Crippen LogP contribution is 2.30. The van der Waals surface area contributed by atoms with E-state index in [-0.39, 0.29) is 0 Å². The van der Waals surface area contributed by atoms with Crippen LogP contribution >= 0.6 is 0 Å². The number of hydrogen-bond acceptors (Lipinski definition) is 6. The van der Waals surface area contributed by atoms with E-state index in [2.05, 4.69) is 15.2 Å². The molecule has 2 saturated heterocycles. The van der Waals surface area contributed by atoms with Crippen LogP contribution in [0, 0.1) is 0 Å². The van der Waals surface area contributed by atoms with Crippen LogP contribution in [0.15, 0.2) is 12.3 Å². The lowest BCUT2D eigenvalue weighted by atomic mass is 10.1. The van der Waals surface area contributed by atoms with Gasteiger partial charge in [-0.2, -0.15) is 0 Å². The summed E-state index contributed by atoms with van der Waals surface area (Å²) in [6.07, 6.45) is 5.11. The molecule has 1 aromatic rings. The van der Waals surface area contributed by atoms with Crippen LogP contribution in [0.3, 0.4) is 0 Å². The summed E-state index contributed by atoms with van der Waals surface area (Å²) in [5, 5.41) is 3.41. The van der Waals surface area contributed by atoms with Crippen molar-refractivity contribution < 1.29 is 9.53 Å². The van der Waals surface area contributed by atoms with Crippen LogP contribution in [-0.4, -0.2) is 48.1 Å². The Labute approximate surface area is 118 Å². The van der Waals surface area contributed by atoms with Gasteiger partial charge in [-0.25, -0.2) is 9.78 Å². The molecule has 2 unspecified atom stereocenters. The standard InChI is InChI=1S/C14H20N4O2/c1-20-14(19)10-7-9(15)8-16-13(10)17-11-4-6-18-5-2-3-12(11)18/h7-8,11-12H,2-6,15H2,1H3,(H,16,17). The Bertz CT molecular complexity index is 520. The third-order valence-electron chi connectivity index (χ3n) is 4.24. The Hall–Kier alpha value is -1.82. The number of nitrogens with one attached hydrogen (secondary N) is 1. The smallest absolute Gasteiger partial charge is 0.341 e. The van der Waals surface area contributed by atoms with Crippen molar-refractivity contribution in [2.75, 3.05) is 31.2 Å². The van der Waals surface area contributed by atoms with Gasteiger partial charge in [0.15, 0.2) is 0 Å². The number of nitrogens with two attached hydrogens (primary N) is 1. The molecule has 2 aliphatic heterocycles. The molecule has 2 atom stereocenters. The molecule has 3 heterocycles. The maximum absolute atomic E-state index is 11.8. The molecule has 0 aliphatic carbocycles. The van der Waals surface area contributed by atoms with Gasteiger partial charge in [0.05, 0.1) is 19.0 Å². The van der Waals surface area contributed by atoms with Crippen molar-refractivity contribution in [1.82, 2.24) is 9.88 Å². The van der Waals surface area contributed by atoms with Gasteiger partial charge in [0.2, 0.25) is 0 Å². The molecular formula is C14H20N4O2. The zero-order chi connectivity index (χ0) is 14.1. The first kappa shape index (κ1) is 13.2. The predicted molar refractivity (Wildman–Crippen MR) is 76.6 cm³/mol. The topological polar surface area (TPSA) is 80.5 Å². The van der Waals surface area contributed by atoms with E-state index < -0.39 is 5.97 Å². The van der Waals surface area contributed by atoms with E-state index in [1.165, 1.54) is 26.5 Å². The van der Waals surface area contributed by atoms with Gasteiger partial charge in [-0.15, -0.1) is 0 Å². The normalized spacial score (nSPS) is 25.4. The van der Waals surface area contributed by atoms with E-state index in [4.69, 9.17) is 10.5 Å². The monoisotopic (exact) mass is 276 g/mol. The molecule has 6 nitrogen and oxygen atoms in total. The van der Waals surface area contributed by atoms with E-state index in [1.807, 2.05) is 0 Å². The molecule has 3 rings (SSSR count). The number of carbonyl (C=O) groups is 1. The first-order chi connectivity index (χ1) is 9.69. The minimum Gasteiger partial charge on any atom is -0.465 e. The Balaban J connectivity index is 1.82. The molecule has 6 heteroatoms. The summed E-state index contributed by atoms with van der Waals surface area (Å²) in [5.74, 6) is 0.165. The SMILES string of the molecule is COC(=O)c1cc(N)cnc1NC1CCN2CCCC12. The van der Waals surface area contributed by atoms with Crippen LogP contribution in [0.4, 0.5) is 11.5 Å². The third-order valence-corrected chi connectivity index (χ3v) is 4.24. The average molecular weight is 276 g/mol. The summed E-state index contributed by atoms with van der Waals surface area (Å²) in [7, 11) is 1.36. The average Bonchev–Trinajstić information content (AvgIpc) is 3.04. The van der Waals surface area contributed by atoms with E-state index >= 15 is 0 Å². The summed E-state index contributed by atoms with van der Waals surface area (Å²) < 4.78 is 4.80. The molecule has 3 N–H and O–H groups in total. The number of pyridine rings is 1. The van der Waals surface area contributed by atoms with Crippen molar-refractivity contribution in [2.45, 2.75) is 31.3 Å². The van der Waals surface area contributed by atoms with Crippen molar-refractivity contribution >= 4 is 17.5 Å². The van der Waals surface area contributed by atoms with Crippen LogP contribution in [0.2, 0.25) is 0 Å². The summed E-state index contributed by atoms with van der Waals surface area (Å²) >= 11 is 0. The quantitative estimate of drug-likeness (QED) is 0.805. The van der Waals surface area contributed by atoms with Gasteiger partial charge in [0.25, 0.3) is 0 Å². The highest BCUT2D eigenvalue weighted by molar-refractivity contribution is 5.95. The molecule has 108 valence electrons. The van der Waals surface area contributed by atoms with Gasteiger partial charge in [-0.1, -0.05) is 0 Å². The predicted octanol–water partition coefficient (Wildman–Crippen LogP) is 1.10. The summed E-state index contributed by atoms with van der Waals surface area (Å²) in [6.45, 7) is 2.30. The summed E-state index contributed by atoms with van der Waals surface area (Å²) in [6, 6.07) is 2.51. The number of carbonyl (C=O) groups excluding carboxylic acids is 1. The van der Waals surface area contributed by atoms with Gasteiger partial charge in [0, 0.05) is 18.6 Å². The number of nitrogen functional groups attached to an aromatic ring is 1. The first-order valence-corrected chi connectivity index (χ1v) is 7.03. The van der Waals surface area contributed by atoms with E-state index in [0.717, 1.165) is 13.0 Å². The van der Waals surface area contributed by atoms with Crippen LogP contribution in [0.1, 0.15) is 29.6 Å². The van der Waals surface area contributed by atoms with E-state index in [9.17, 15) is 4.79 Å². The number of rotatable bonds is 3. The summed E-state index contributed by atoms with van der Waals surface area (Å²) in [5.41, 5.74) is 6.58. The largest absolute Gasteiger partial charge is 0.465 e. The Morgan fingerprint density at radius 1 is 1.50 bits per heavy atom. The maximum atomic E-state index is 11.8. The molecule has 0 aromatic carbocycles.